The molecule has 0 heterocycles. The van der Waals surface area contributed by atoms with Crippen LogP contribution >= 0.6 is 0 Å². The lowest BCUT2D eigenvalue weighted by Gasteiger charge is -2.04. The molecule has 2 N–H and O–H groups in total. The predicted molar refractivity (Wildman–Crippen MR) is 87.3 cm³/mol. The number of aliphatic hydroxyl groups is 2. The van der Waals surface area contributed by atoms with E-state index in [1.54, 1.807) is 6.08 Å². The van der Waals surface area contributed by atoms with Crippen LogP contribution in [0.25, 0.3) is 0 Å². The maximum Gasteiger partial charge on any atom is 0.0723 e. The maximum absolute atomic E-state index is 9.64. The Morgan fingerprint density at radius 1 is 0.900 bits per heavy atom. The standard InChI is InChI=1S/C18H29O2/c1-3-5-11-15-18(20)16-13-10-8-6-7-9-12-14-17(19)4-2/h7-10,12-14,16-20H,1,3-6,11,15H2,2H3/q-1/b9-7-,10-8-,14-12+,16-13-. The summed E-state index contributed by atoms with van der Waals surface area (Å²) in [5.74, 6) is 0. The van der Waals surface area contributed by atoms with Gasteiger partial charge in [0.2, 0.25) is 0 Å². The van der Waals surface area contributed by atoms with Gasteiger partial charge >= 0.3 is 0 Å². The number of rotatable bonds is 11. The summed E-state index contributed by atoms with van der Waals surface area (Å²) in [5.41, 5.74) is 0. The fourth-order valence-corrected chi connectivity index (χ4v) is 1.54. The third kappa shape index (κ3) is 13.3. The molecular formula is C18H29O2-. The van der Waals surface area contributed by atoms with Crippen LogP contribution in [0.15, 0.2) is 48.6 Å². The Balaban J connectivity index is 3.69. The van der Waals surface area contributed by atoms with Crippen molar-refractivity contribution in [2.45, 2.75) is 57.7 Å². The molecule has 2 heteroatoms. The first kappa shape index (κ1) is 18.9. The van der Waals surface area contributed by atoms with E-state index in [1.165, 1.54) is 0 Å². The molecule has 2 nitrogen and oxygen atoms in total. The largest absolute Gasteiger partial charge is 0.389 e. The van der Waals surface area contributed by atoms with Crippen molar-refractivity contribution in [3.05, 3.63) is 55.5 Å². The Labute approximate surface area is 124 Å². The van der Waals surface area contributed by atoms with Crippen LogP contribution in [-0.4, -0.2) is 22.4 Å². The van der Waals surface area contributed by atoms with E-state index in [2.05, 4.69) is 6.92 Å². The summed E-state index contributed by atoms with van der Waals surface area (Å²) in [5, 5.41) is 18.9. The number of aliphatic hydroxyl groups excluding tert-OH is 2. The molecule has 0 spiro atoms. The van der Waals surface area contributed by atoms with Crippen LogP contribution in [0, 0.1) is 6.92 Å². The van der Waals surface area contributed by atoms with E-state index in [1.807, 2.05) is 49.5 Å². The molecule has 114 valence electrons. The minimum absolute atomic E-state index is 0.344. The molecule has 0 aromatic rings. The predicted octanol–water partition coefficient (Wildman–Crippen LogP) is 4.13. The summed E-state index contributed by atoms with van der Waals surface area (Å²) in [7, 11) is 0. The molecule has 20 heavy (non-hydrogen) atoms. The van der Waals surface area contributed by atoms with E-state index in [9.17, 15) is 10.2 Å². The highest BCUT2D eigenvalue weighted by Gasteiger charge is 1.95. The molecule has 0 aromatic heterocycles. The van der Waals surface area contributed by atoms with Crippen LogP contribution in [0.2, 0.25) is 0 Å². The van der Waals surface area contributed by atoms with Crippen molar-refractivity contribution in [1.82, 2.24) is 0 Å². The van der Waals surface area contributed by atoms with E-state index >= 15 is 0 Å². The molecule has 0 saturated heterocycles. The molecule has 0 saturated carbocycles. The quantitative estimate of drug-likeness (QED) is 0.339. The summed E-state index contributed by atoms with van der Waals surface area (Å²) in [4.78, 5) is 0. The molecule has 0 bridgehead atoms. The van der Waals surface area contributed by atoms with Gasteiger partial charge < -0.3 is 17.1 Å². The summed E-state index contributed by atoms with van der Waals surface area (Å²) in [6.07, 6.45) is 20.0. The van der Waals surface area contributed by atoms with E-state index in [0.29, 0.717) is 0 Å². The first-order chi connectivity index (χ1) is 9.70. The first-order valence-electron chi connectivity index (χ1n) is 7.52. The monoisotopic (exact) mass is 277 g/mol. The lowest BCUT2D eigenvalue weighted by Crippen LogP contribution is -2.00. The summed E-state index contributed by atoms with van der Waals surface area (Å²) >= 11 is 0. The number of allylic oxidation sites excluding steroid dienone is 6. The molecule has 0 radical (unpaired) electrons. The zero-order chi connectivity index (χ0) is 15.1. The second kappa shape index (κ2) is 14.3. The molecule has 0 aliphatic rings. The molecule has 0 aliphatic heterocycles. The molecule has 0 aromatic carbocycles. The van der Waals surface area contributed by atoms with Gasteiger partial charge in [-0.05, 0) is 19.3 Å². The molecule has 0 amide bonds. The van der Waals surface area contributed by atoms with Gasteiger partial charge in [-0.15, -0.1) is 0 Å². The Morgan fingerprint density at radius 2 is 1.50 bits per heavy atom. The van der Waals surface area contributed by atoms with Gasteiger partial charge in [0, 0.05) is 0 Å². The normalized spacial score (nSPS) is 16.0. The molecule has 0 fully saturated rings. The third-order valence-electron chi connectivity index (χ3n) is 2.85. The fraction of sp³-hybridized carbons (Fsp3) is 0.500. The Kier molecular flexibility index (Phi) is 13.5. The first-order valence-corrected chi connectivity index (χ1v) is 7.52. The van der Waals surface area contributed by atoms with Crippen molar-refractivity contribution in [3.63, 3.8) is 0 Å². The summed E-state index contributed by atoms with van der Waals surface area (Å²) in [6.45, 7) is 5.72. The van der Waals surface area contributed by atoms with Crippen LogP contribution in [0.5, 0.6) is 0 Å². The average molecular weight is 277 g/mol. The van der Waals surface area contributed by atoms with Gasteiger partial charge in [-0.2, -0.15) is 6.42 Å². The minimum Gasteiger partial charge on any atom is -0.389 e. The topological polar surface area (TPSA) is 40.5 Å². The highest BCUT2D eigenvalue weighted by atomic mass is 16.3. The Morgan fingerprint density at radius 3 is 2.05 bits per heavy atom. The van der Waals surface area contributed by atoms with E-state index in [4.69, 9.17) is 0 Å². The lowest BCUT2D eigenvalue weighted by molar-refractivity contribution is 0.208. The van der Waals surface area contributed by atoms with Gasteiger partial charge in [0.25, 0.3) is 0 Å². The second-order valence-corrected chi connectivity index (χ2v) is 4.75. The van der Waals surface area contributed by atoms with Gasteiger partial charge in [-0.1, -0.05) is 68.4 Å². The van der Waals surface area contributed by atoms with Crippen molar-refractivity contribution in [2.75, 3.05) is 0 Å². The van der Waals surface area contributed by atoms with Crippen LogP contribution < -0.4 is 0 Å². The van der Waals surface area contributed by atoms with Crippen LogP contribution in [-0.2, 0) is 0 Å². The minimum atomic E-state index is -0.347. The summed E-state index contributed by atoms with van der Waals surface area (Å²) in [6, 6.07) is 0. The molecule has 2 unspecified atom stereocenters. The molecule has 0 aliphatic carbocycles. The van der Waals surface area contributed by atoms with Crippen LogP contribution in [0.4, 0.5) is 0 Å². The molecular weight excluding hydrogens is 248 g/mol. The third-order valence-corrected chi connectivity index (χ3v) is 2.85. The van der Waals surface area contributed by atoms with E-state index in [0.717, 1.165) is 38.5 Å². The molecule has 2 atom stereocenters. The number of hydrogen-bond donors (Lipinski definition) is 2. The van der Waals surface area contributed by atoms with Crippen molar-refractivity contribution >= 4 is 0 Å². The smallest absolute Gasteiger partial charge is 0.0723 e. The van der Waals surface area contributed by atoms with Crippen molar-refractivity contribution in [3.8, 4) is 0 Å². The number of unbranched alkanes of at least 4 members (excludes halogenated alkanes) is 2. The highest BCUT2D eigenvalue weighted by Crippen LogP contribution is 2.04. The Bertz CT molecular complexity index is 313. The SMILES string of the molecule is [CH2-]CCCCC(O)/C=C\C=C/C/C=C\C=C\C(O)CC. The van der Waals surface area contributed by atoms with Gasteiger partial charge in [-0.25, -0.2) is 0 Å². The van der Waals surface area contributed by atoms with Crippen molar-refractivity contribution in [1.29, 1.82) is 0 Å². The van der Waals surface area contributed by atoms with Crippen molar-refractivity contribution in [2.24, 2.45) is 0 Å². The summed E-state index contributed by atoms with van der Waals surface area (Å²) < 4.78 is 0. The lowest BCUT2D eigenvalue weighted by atomic mass is 10.1. The number of hydrogen-bond acceptors (Lipinski definition) is 2. The maximum atomic E-state index is 9.64. The zero-order valence-electron chi connectivity index (χ0n) is 12.6. The van der Waals surface area contributed by atoms with E-state index in [-0.39, 0.29) is 12.2 Å². The van der Waals surface area contributed by atoms with E-state index < -0.39 is 0 Å². The Hall–Kier alpha value is -1.12. The molecule has 0 rings (SSSR count). The van der Waals surface area contributed by atoms with Gasteiger partial charge in [0.1, 0.15) is 0 Å². The van der Waals surface area contributed by atoms with Gasteiger partial charge in [0.15, 0.2) is 0 Å². The average Bonchev–Trinajstić information content (AvgIpc) is 2.45. The highest BCUT2D eigenvalue weighted by molar-refractivity contribution is 5.10. The van der Waals surface area contributed by atoms with Crippen molar-refractivity contribution < 1.29 is 10.2 Å². The van der Waals surface area contributed by atoms with Gasteiger partial charge in [0.05, 0.1) is 12.2 Å². The fourth-order valence-electron chi connectivity index (χ4n) is 1.54. The zero-order valence-corrected chi connectivity index (χ0v) is 12.6. The van der Waals surface area contributed by atoms with Crippen LogP contribution in [0.1, 0.15) is 45.4 Å². The second-order valence-electron chi connectivity index (χ2n) is 4.75. The van der Waals surface area contributed by atoms with Crippen LogP contribution in [0.3, 0.4) is 0 Å². The van der Waals surface area contributed by atoms with Gasteiger partial charge in [-0.3, -0.25) is 0 Å².